The van der Waals surface area contributed by atoms with Gasteiger partial charge in [0.15, 0.2) is 11.9 Å². The first kappa shape index (κ1) is 36.6. The van der Waals surface area contributed by atoms with Gasteiger partial charge in [0.05, 0.1) is 43.0 Å². The number of rotatable bonds is 11. The Morgan fingerprint density at radius 1 is 0.962 bits per heavy atom. The van der Waals surface area contributed by atoms with E-state index in [0.29, 0.717) is 43.4 Å². The van der Waals surface area contributed by atoms with Crippen LogP contribution in [0.25, 0.3) is 0 Å². The number of carbonyl (C=O) groups excluding carboxylic acids is 3. The predicted octanol–water partition coefficient (Wildman–Crippen LogP) is 3.73. The van der Waals surface area contributed by atoms with Gasteiger partial charge in [-0.3, -0.25) is 9.59 Å². The molecule has 12 nitrogen and oxygen atoms in total. The van der Waals surface area contributed by atoms with Crippen molar-refractivity contribution in [2.75, 3.05) is 19.8 Å². The summed E-state index contributed by atoms with van der Waals surface area (Å²) in [7, 11) is 0. The van der Waals surface area contributed by atoms with Crippen LogP contribution < -0.4 is 0 Å². The van der Waals surface area contributed by atoms with Gasteiger partial charge in [0, 0.05) is 34.8 Å². The second-order valence-corrected chi connectivity index (χ2v) is 17.8. The van der Waals surface area contributed by atoms with Gasteiger partial charge in [-0.1, -0.05) is 39.0 Å². The number of esters is 2. The number of aliphatic hydroxyl groups is 4. The third kappa shape index (κ3) is 4.76. The molecule has 5 heterocycles. The van der Waals surface area contributed by atoms with Crippen molar-refractivity contribution in [3.8, 4) is 0 Å². The predicted molar refractivity (Wildman–Crippen MR) is 182 cm³/mol. The summed E-state index contributed by atoms with van der Waals surface area (Å²) in [6.45, 7) is 5.53. The Morgan fingerprint density at radius 3 is 2.46 bits per heavy atom. The molecule has 7 fully saturated rings. The Bertz CT molecular complexity index is 1560. The Balaban J connectivity index is 1.25. The molecular formula is C40H56O12. The van der Waals surface area contributed by atoms with Crippen molar-refractivity contribution < 1.29 is 58.2 Å². The summed E-state index contributed by atoms with van der Waals surface area (Å²) < 4.78 is 31.9. The number of epoxide rings is 1. The molecule has 0 amide bonds. The van der Waals surface area contributed by atoms with Gasteiger partial charge in [0.1, 0.15) is 30.2 Å². The highest BCUT2D eigenvalue weighted by molar-refractivity contribution is 5.92. The van der Waals surface area contributed by atoms with Crippen molar-refractivity contribution in [1.29, 1.82) is 0 Å². The molecule has 4 aliphatic heterocycles. The smallest absolute Gasteiger partial charge is 0.339 e. The minimum absolute atomic E-state index is 0.0201. The number of hydrogen-bond acceptors (Lipinski definition) is 12. The van der Waals surface area contributed by atoms with E-state index in [1.807, 2.05) is 19.9 Å². The highest BCUT2D eigenvalue weighted by Crippen LogP contribution is 2.82. The minimum atomic E-state index is -1.43. The lowest BCUT2D eigenvalue weighted by Crippen LogP contribution is -2.79. The molecule has 12 heteroatoms. The van der Waals surface area contributed by atoms with Gasteiger partial charge < -0.3 is 43.8 Å². The molecule has 0 aromatic carbocycles. The van der Waals surface area contributed by atoms with Crippen molar-refractivity contribution in [3.63, 3.8) is 0 Å². The Morgan fingerprint density at radius 2 is 1.73 bits per heavy atom. The van der Waals surface area contributed by atoms with Crippen LogP contribution in [-0.2, 0) is 39.8 Å². The maximum atomic E-state index is 15.1. The number of hydrogen-bond donors (Lipinski definition) is 4. The van der Waals surface area contributed by atoms with Crippen LogP contribution in [0.5, 0.6) is 0 Å². The number of unbranched alkanes of at least 4 members (excludes halogenated alkanes) is 2. The van der Waals surface area contributed by atoms with Crippen molar-refractivity contribution in [2.24, 2.45) is 39.9 Å². The molecule has 12 atom stereocenters. The summed E-state index contributed by atoms with van der Waals surface area (Å²) in [4.78, 5) is 42.1. The average molecular weight is 729 g/mol. The SMILES string of the molecule is CC1(C)O[C@H]2CC(=O)OC[C@@]23[C@@H]1C(=O)[C@@H](O)[C@]1(C2CCCCC2)[C@@H]3CC[C@@]2(C)[C@H](c3ccoc3C[C@H](CCCCCO)[C@H](O)CO)OC(=O)[C@H]3O[C@@]312. The molecule has 1 aromatic heterocycles. The van der Waals surface area contributed by atoms with Gasteiger partial charge in [-0.05, 0) is 76.2 Å². The van der Waals surface area contributed by atoms with Gasteiger partial charge in [-0.2, -0.15) is 0 Å². The molecule has 288 valence electrons. The van der Waals surface area contributed by atoms with Crippen LogP contribution in [0.4, 0.5) is 0 Å². The van der Waals surface area contributed by atoms with Crippen LogP contribution in [-0.4, -0.2) is 93.6 Å². The monoisotopic (exact) mass is 728 g/mol. The van der Waals surface area contributed by atoms with Gasteiger partial charge in [0.25, 0.3) is 0 Å². The zero-order chi connectivity index (χ0) is 36.8. The minimum Gasteiger partial charge on any atom is -0.469 e. The highest BCUT2D eigenvalue weighted by Gasteiger charge is 2.92. The molecule has 0 radical (unpaired) electrons. The third-order valence-corrected chi connectivity index (χ3v) is 15.2. The van der Waals surface area contributed by atoms with Crippen LogP contribution in [0.2, 0.25) is 0 Å². The van der Waals surface area contributed by atoms with E-state index in [1.54, 1.807) is 6.26 Å². The summed E-state index contributed by atoms with van der Waals surface area (Å²) in [5.74, 6) is -2.17. The first-order valence-electron chi connectivity index (χ1n) is 19.7. The van der Waals surface area contributed by atoms with Crippen molar-refractivity contribution >= 4 is 17.7 Å². The third-order valence-electron chi connectivity index (χ3n) is 15.2. The standard InChI is InChI=1S/C40H56O12/c1-36(2)31-30(45)32(46)39(23-11-7-4-8-12-23)27(38(31)21-49-29(44)19-28(38)51-36)13-15-37(3)33(50-35(47)34-40(37,39)52-34)24-14-17-48-26(24)18-22(25(43)20-42)10-6-5-9-16-41/h14,17,22-23,25,27-28,31-34,41-43,46H,4-13,15-16,18-21H2,1-3H3/t22-,25+,27+,28-,31+,32+,33-,34+,37-,38-,39-,40+/m0/s1. The number of furan rings is 1. The zero-order valence-electron chi connectivity index (χ0n) is 30.7. The Kier molecular flexibility index (Phi) is 9.06. The fraction of sp³-hybridized carbons (Fsp3) is 0.825. The molecular weight excluding hydrogens is 672 g/mol. The number of Topliss-reactive ketones (excluding diaryl/α,β-unsaturated/α-hetero) is 1. The van der Waals surface area contributed by atoms with Crippen LogP contribution in [0.1, 0.15) is 115 Å². The number of ether oxygens (including phenoxy) is 4. The van der Waals surface area contributed by atoms with E-state index in [0.717, 1.165) is 44.9 Å². The van der Waals surface area contributed by atoms with Gasteiger partial charge in [0.2, 0.25) is 0 Å². The maximum absolute atomic E-state index is 15.1. The highest BCUT2D eigenvalue weighted by atomic mass is 16.7. The maximum Gasteiger partial charge on any atom is 0.339 e. The average Bonchev–Trinajstić information content (AvgIpc) is 3.66. The fourth-order valence-corrected chi connectivity index (χ4v) is 13.3. The number of ketones is 1. The fourth-order valence-electron chi connectivity index (χ4n) is 13.3. The first-order valence-corrected chi connectivity index (χ1v) is 19.7. The van der Waals surface area contributed by atoms with Gasteiger partial charge in [-0.15, -0.1) is 0 Å². The largest absolute Gasteiger partial charge is 0.469 e. The lowest BCUT2D eigenvalue weighted by molar-refractivity contribution is -0.275. The molecule has 0 bridgehead atoms. The molecule has 8 rings (SSSR count). The van der Waals surface area contributed by atoms with E-state index in [4.69, 9.17) is 23.4 Å². The lowest BCUT2D eigenvalue weighted by atomic mass is 9.33. The second-order valence-electron chi connectivity index (χ2n) is 17.8. The van der Waals surface area contributed by atoms with E-state index in [9.17, 15) is 30.0 Å². The van der Waals surface area contributed by atoms with Crippen LogP contribution in [0.15, 0.2) is 16.7 Å². The molecule has 4 saturated heterocycles. The zero-order valence-corrected chi connectivity index (χ0v) is 30.7. The van der Waals surface area contributed by atoms with E-state index in [-0.39, 0.29) is 49.1 Å². The topological polar surface area (TPSA) is 185 Å². The van der Waals surface area contributed by atoms with Crippen molar-refractivity contribution in [3.05, 3.63) is 23.7 Å². The molecule has 2 spiro atoms. The molecule has 52 heavy (non-hydrogen) atoms. The van der Waals surface area contributed by atoms with E-state index >= 15 is 4.79 Å². The number of aliphatic hydroxyl groups excluding tert-OH is 4. The molecule has 3 saturated carbocycles. The summed E-state index contributed by atoms with van der Waals surface area (Å²) in [5, 5.41) is 42.9. The van der Waals surface area contributed by atoms with E-state index in [1.165, 1.54) is 0 Å². The van der Waals surface area contributed by atoms with E-state index in [2.05, 4.69) is 6.92 Å². The lowest BCUT2D eigenvalue weighted by Gasteiger charge is -2.70. The quantitative estimate of drug-likeness (QED) is 0.147. The first-order chi connectivity index (χ1) is 24.8. The molecule has 0 unspecified atom stereocenters. The second kappa shape index (κ2) is 12.9. The molecule has 3 aliphatic carbocycles. The number of cyclic esters (lactones) is 2. The summed E-state index contributed by atoms with van der Waals surface area (Å²) in [6, 6.07) is 1.81. The van der Waals surface area contributed by atoms with Crippen molar-refractivity contribution in [1.82, 2.24) is 0 Å². The van der Waals surface area contributed by atoms with Crippen LogP contribution >= 0.6 is 0 Å². The normalized spacial score (nSPS) is 43.2. The molecule has 4 N–H and O–H groups in total. The van der Waals surface area contributed by atoms with Crippen LogP contribution in [0.3, 0.4) is 0 Å². The Labute approximate surface area is 304 Å². The number of carbonyl (C=O) groups is 3. The van der Waals surface area contributed by atoms with Gasteiger partial charge in [-0.25, -0.2) is 4.79 Å². The van der Waals surface area contributed by atoms with Crippen molar-refractivity contribution in [2.45, 2.75) is 146 Å². The van der Waals surface area contributed by atoms with Crippen LogP contribution in [0, 0.1) is 39.9 Å². The Hall–Kier alpha value is -2.35. The number of fused-ring (bicyclic) bond motifs is 1. The molecule has 1 aromatic rings. The van der Waals surface area contributed by atoms with Gasteiger partial charge >= 0.3 is 11.9 Å². The summed E-state index contributed by atoms with van der Waals surface area (Å²) >= 11 is 0. The summed E-state index contributed by atoms with van der Waals surface area (Å²) in [6.07, 6.45) is 5.47. The van der Waals surface area contributed by atoms with E-state index < -0.39 is 76.5 Å². The summed E-state index contributed by atoms with van der Waals surface area (Å²) in [5.41, 5.74) is -4.47. The molecule has 7 aliphatic rings.